The van der Waals surface area contributed by atoms with Gasteiger partial charge in [0.05, 0.1) is 11.9 Å². The number of amides is 1. The molecule has 1 saturated carbocycles. The predicted octanol–water partition coefficient (Wildman–Crippen LogP) is 5.07. The van der Waals surface area contributed by atoms with Crippen LogP contribution in [0.3, 0.4) is 0 Å². The first-order chi connectivity index (χ1) is 17.7. The van der Waals surface area contributed by atoms with Crippen LogP contribution in [-0.2, 0) is 16.3 Å². The Hall–Kier alpha value is -3.85. The maximum Gasteiger partial charge on any atom is 0.258 e. The molecule has 8 nitrogen and oxygen atoms in total. The van der Waals surface area contributed by atoms with Gasteiger partial charge in [-0.25, -0.2) is 9.97 Å². The molecule has 6 rings (SSSR count). The van der Waals surface area contributed by atoms with Crippen molar-refractivity contribution >= 4 is 29.2 Å². The van der Waals surface area contributed by atoms with E-state index < -0.39 is 0 Å². The second kappa shape index (κ2) is 10.0. The molecule has 3 N–H and O–H groups in total. The van der Waals surface area contributed by atoms with Crippen molar-refractivity contribution in [1.82, 2.24) is 25.5 Å². The van der Waals surface area contributed by atoms with Crippen LogP contribution >= 0.6 is 11.8 Å². The van der Waals surface area contributed by atoms with E-state index >= 15 is 0 Å². The number of anilines is 2. The molecule has 9 heteroatoms. The lowest BCUT2D eigenvalue weighted by atomic mass is 9.93. The highest BCUT2D eigenvalue weighted by molar-refractivity contribution is 7.98. The van der Waals surface area contributed by atoms with Crippen LogP contribution in [0.4, 0.5) is 11.5 Å². The number of nitrogens with one attached hydrogen (secondary N) is 3. The highest BCUT2D eigenvalue weighted by atomic mass is 32.2. The van der Waals surface area contributed by atoms with E-state index in [-0.39, 0.29) is 12.5 Å². The maximum absolute atomic E-state index is 12.1. The summed E-state index contributed by atoms with van der Waals surface area (Å²) in [6.45, 7) is 0.00323. The summed E-state index contributed by atoms with van der Waals surface area (Å²) in [7, 11) is 0. The summed E-state index contributed by atoms with van der Waals surface area (Å²) in [6.07, 6.45) is 6.98. The van der Waals surface area contributed by atoms with E-state index in [1.54, 1.807) is 0 Å². The summed E-state index contributed by atoms with van der Waals surface area (Å²) in [4.78, 5) is 21.9. The average Bonchev–Trinajstić information content (AvgIpc) is 3.58. The van der Waals surface area contributed by atoms with Crippen molar-refractivity contribution in [2.75, 3.05) is 11.9 Å². The summed E-state index contributed by atoms with van der Waals surface area (Å²) in [6, 6.07) is 16.1. The molecule has 1 amide bonds. The number of thioether (sulfide) groups is 1. The first kappa shape index (κ1) is 22.6. The Kier molecular flexibility index (Phi) is 6.29. The van der Waals surface area contributed by atoms with E-state index in [2.05, 4.69) is 33.0 Å². The van der Waals surface area contributed by atoms with Crippen LogP contribution in [0.5, 0.6) is 5.75 Å². The molecule has 36 heavy (non-hydrogen) atoms. The molecule has 4 aromatic rings. The van der Waals surface area contributed by atoms with Crippen molar-refractivity contribution in [2.24, 2.45) is 0 Å². The number of hydrogen-bond donors (Lipinski definition) is 3. The summed E-state index contributed by atoms with van der Waals surface area (Å²) >= 11 is 1.84. The first-order valence-corrected chi connectivity index (χ1v) is 13.2. The monoisotopic (exact) mass is 498 g/mol. The SMILES string of the molecule is O=C(COc1cccc(-c2nc3c(c(Nc4ccc(-c5cn[nH]c5)cc4)n2)CSC3)c1)NC1CCC1. The van der Waals surface area contributed by atoms with Gasteiger partial charge in [0, 0.05) is 46.1 Å². The van der Waals surface area contributed by atoms with E-state index in [1.807, 2.05) is 60.6 Å². The molecule has 2 aromatic carbocycles. The normalized spacial score (nSPS) is 14.7. The quantitative estimate of drug-likeness (QED) is 0.311. The van der Waals surface area contributed by atoms with Crippen LogP contribution in [0.1, 0.15) is 30.5 Å². The standard InChI is InChI=1S/C27H26N6O2S/c34-25(30-20-4-2-5-20)14-35-22-6-1-3-18(11-22)26-32-24-16-36-15-23(24)27(33-26)31-21-9-7-17(8-10-21)19-12-28-29-13-19/h1,3,6-13,20H,2,4-5,14-16H2,(H,28,29)(H,30,34)(H,31,32,33). The Balaban J connectivity index is 1.20. The van der Waals surface area contributed by atoms with E-state index in [9.17, 15) is 4.79 Å². The molecule has 2 aromatic heterocycles. The predicted molar refractivity (Wildman–Crippen MR) is 141 cm³/mol. The number of H-pyrrole nitrogens is 1. The summed E-state index contributed by atoms with van der Waals surface area (Å²) in [5.41, 5.74) is 6.14. The highest BCUT2D eigenvalue weighted by Crippen LogP contribution is 2.36. The van der Waals surface area contributed by atoms with Crippen molar-refractivity contribution in [3.8, 4) is 28.3 Å². The van der Waals surface area contributed by atoms with Crippen molar-refractivity contribution in [3.63, 3.8) is 0 Å². The number of carbonyl (C=O) groups is 1. The number of rotatable bonds is 8. The van der Waals surface area contributed by atoms with Gasteiger partial charge in [-0.15, -0.1) is 0 Å². The van der Waals surface area contributed by atoms with Gasteiger partial charge in [-0.05, 0) is 49.1 Å². The highest BCUT2D eigenvalue weighted by Gasteiger charge is 2.22. The minimum absolute atomic E-state index is 0.00323. The van der Waals surface area contributed by atoms with E-state index in [1.165, 1.54) is 6.42 Å². The largest absolute Gasteiger partial charge is 0.484 e. The lowest BCUT2D eigenvalue weighted by Crippen LogP contribution is -2.41. The third-order valence-corrected chi connectivity index (χ3v) is 7.46. The number of ether oxygens (including phenoxy) is 1. The zero-order valence-electron chi connectivity index (χ0n) is 19.7. The van der Waals surface area contributed by atoms with Crippen molar-refractivity contribution in [2.45, 2.75) is 36.8 Å². The van der Waals surface area contributed by atoms with E-state index in [0.717, 1.165) is 63.8 Å². The molecule has 0 atom stereocenters. The third kappa shape index (κ3) is 4.92. The van der Waals surface area contributed by atoms with Crippen LogP contribution < -0.4 is 15.4 Å². The summed E-state index contributed by atoms with van der Waals surface area (Å²) < 4.78 is 5.77. The van der Waals surface area contributed by atoms with Crippen molar-refractivity contribution in [3.05, 3.63) is 72.2 Å². The van der Waals surface area contributed by atoms with Gasteiger partial charge in [0.1, 0.15) is 11.6 Å². The molecule has 1 fully saturated rings. The van der Waals surface area contributed by atoms with E-state index in [4.69, 9.17) is 14.7 Å². The Labute approximate surface area is 213 Å². The molecule has 0 radical (unpaired) electrons. The van der Waals surface area contributed by atoms with Crippen LogP contribution in [-0.4, -0.2) is 38.7 Å². The van der Waals surface area contributed by atoms with Gasteiger partial charge in [-0.3, -0.25) is 9.89 Å². The van der Waals surface area contributed by atoms with Gasteiger partial charge in [-0.1, -0.05) is 24.3 Å². The number of nitrogens with zero attached hydrogens (tertiary/aromatic N) is 3. The lowest BCUT2D eigenvalue weighted by molar-refractivity contribution is -0.124. The number of aromatic amines is 1. The second-order valence-electron chi connectivity index (χ2n) is 9.02. The van der Waals surface area contributed by atoms with Gasteiger partial charge in [0.25, 0.3) is 5.91 Å². The Morgan fingerprint density at radius 2 is 1.94 bits per heavy atom. The topological polar surface area (TPSA) is 105 Å². The molecular weight excluding hydrogens is 472 g/mol. The zero-order valence-corrected chi connectivity index (χ0v) is 20.5. The number of aromatic nitrogens is 4. The van der Waals surface area contributed by atoms with Crippen LogP contribution in [0, 0.1) is 0 Å². The Bertz CT molecular complexity index is 1370. The fourth-order valence-corrected chi connectivity index (χ4v) is 5.31. The van der Waals surface area contributed by atoms with Gasteiger partial charge >= 0.3 is 0 Å². The van der Waals surface area contributed by atoms with Crippen molar-refractivity contribution < 1.29 is 9.53 Å². The smallest absolute Gasteiger partial charge is 0.258 e. The van der Waals surface area contributed by atoms with Crippen LogP contribution in [0.25, 0.3) is 22.5 Å². The number of fused-ring (bicyclic) bond motifs is 1. The zero-order chi connectivity index (χ0) is 24.3. The molecule has 0 unspecified atom stereocenters. The number of hydrogen-bond acceptors (Lipinski definition) is 7. The fraction of sp³-hybridized carbons (Fsp3) is 0.259. The van der Waals surface area contributed by atoms with Crippen LogP contribution in [0.15, 0.2) is 60.9 Å². The molecule has 182 valence electrons. The van der Waals surface area contributed by atoms with Crippen molar-refractivity contribution in [1.29, 1.82) is 0 Å². The molecule has 1 aliphatic heterocycles. The minimum atomic E-state index is -0.0822. The average molecular weight is 499 g/mol. The van der Waals surface area contributed by atoms with E-state index in [0.29, 0.717) is 17.6 Å². The first-order valence-electron chi connectivity index (χ1n) is 12.1. The molecular formula is C27H26N6O2S. The molecule has 3 heterocycles. The number of carbonyl (C=O) groups excluding carboxylic acids is 1. The summed E-state index contributed by atoms with van der Waals surface area (Å²) in [5, 5.41) is 13.4. The molecule has 0 spiro atoms. The Morgan fingerprint density at radius 1 is 1.06 bits per heavy atom. The minimum Gasteiger partial charge on any atom is -0.484 e. The van der Waals surface area contributed by atoms with Crippen LogP contribution in [0.2, 0.25) is 0 Å². The van der Waals surface area contributed by atoms with Gasteiger partial charge in [0.2, 0.25) is 0 Å². The molecule has 0 saturated heterocycles. The Morgan fingerprint density at radius 3 is 2.72 bits per heavy atom. The fourth-order valence-electron chi connectivity index (χ4n) is 4.27. The third-order valence-electron chi connectivity index (χ3n) is 6.49. The van der Waals surface area contributed by atoms with Gasteiger partial charge in [0.15, 0.2) is 12.4 Å². The lowest BCUT2D eigenvalue weighted by Gasteiger charge is -2.26. The summed E-state index contributed by atoms with van der Waals surface area (Å²) in [5.74, 6) is 3.74. The number of benzene rings is 2. The molecule has 1 aliphatic carbocycles. The van der Waals surface area contributed by atoms with Gasteiger partial charge < -0.3 is 15.4 Å². The molecule has 0 bridgehead atoms. The van der Waals surface area contributed by atoms with Gasteiger partial charge in [-0.2, -0.15) is 16.9 Å². The molecule has 2 aliphatic rings. The maximum atomic E-state index is 12.1. The second-order valence-corrected chi connectivity index (χ2v) is 10.0.